The number of anilines is 1. The van der Waals surface area contributed by atoms with E-state index in [9.17, 15) is 4.79 Å². The summed E-state index contributed by atoms with van der Waals surface area (Å²) in [5.41, 5.74) is 3.93. The second-order valence-corrected chi connectivity index (χ2v) is 9.32. The van der Waals surface area contributed by atoms with Gasteiger partial charge in [-0.1, -0.05) is 59.8 Å². The summed E-state index contributed by atoms with van der Waals surface area (Å²) < 4.78 is 5.92. The standard InChI is InChI=1S/C23H19N5O2S2/c1-14-5-4-6-15(9-14)10-16-11-24-22(32-16)27-21(29)20-18(12-31-23-25-13-26-28-23)17-7-2-3-8-19(17)30-20/h2-9,11,13H,10,12H2,1H3,(H,24,27,29)(H,25,26,28). The Morgan fingerprint density at radius 2 is 2.09 bits per heavy atom. The van der Waals surface area contributed by atoms with Crippen LogP contribution in [0.3, 0.4) is 0 Å². The number of furan rings is 1. The van der Waals surface area contributed by atoms with E-state index in [1.54, 1.807) is 0 Å². The van der Waals surface area contributed by atoms with Gasteiger partial charge in [-0.05, 0) is 18.6 Å². The zero-order valence-corrected chi connectivity index (χ0v) is 18.8. The Morgan fingerprint density at radius 3 is 2.94 bits per heavy atom. The Kier molecular flexibility index (Phi) is 5.74. The molecular weight excluding hydrogens is 442 g/mol. The molecule has 9 heteroatoms. The highest BCUT2D eigenvalue weighted by Gasteiger charge is 2.22. The van der Waals surface area contributed by atoms with Gasteiger partial charge in [-0.25, -0.2) is 9.97 Å². The number of aryl methyl sites for hydroxylation is 1. The number of carbonyl (C=O) groups excluding carboxylic acids is 1. The Hall–Kier alpha value is -3.43. The van der Waals surface area contributed by atoms with Crippen LogP contribution in [0, 0.1) is 6.92 Å². The Bertz CT molecular complexity index is 1370. The molecule has 0 radical (unpaired) electrons. The number of H-pyrrole nitrogens is 1. The number of carbonyl (C=O) groups is 1. The number of hydrogen-bond donors (Lipinski definition) is 2. The molecule has 0 spiro atoms. The van der Waals surface area contributed by atoms with E-state index in [-0.39, 0.29) is 11.7 Å². The molecule has 160 valence electrons. The van der Waals surface area contributed by atoms with Crippen molar-refractivity contribution in [3.63, 3.8) is 0 Å². The van der Waals surface area contributed by atoms with E-state index in [0.29, 0.717) is 21.6 Å². The maximum Gasteiger partial charge on any atom is 0.293 e. The van der Waals surface area contributed by atoms with Crippen LogP contribution in [-0.4, -0.2) is 26.1 Å². The van der Waals surface area contributed by atoms with E-state index >= 15 is 0 Å². The van der Waals surface area contributed by atoms with Gasteiger partial charge < -0.3 is 4.42 Å². The molecule has 32 heavy (non-hydrogen) atoms. The lowest BCUT2D eigenvalue weighted by atomic mass is 10.1. The van der Waals surface area contributed by atoms with Gasteiger partial charge in [-0.15, -0.1) is 11.3 Å². The van der Waals surface area contributed by atoms with Gasteiger partial charge in [0.05, 0.1) is 0 Å². The van der Waals surface area contributed by atoms with Gasteiger partial charge in [0.2, 0.25) is 0 Å². The van der Waals surface area contributed by atoms with Crippen molar-refractivity contribution in [3.8, 4) is 0 Å². The second kappa shape index (κ2) is 8.97. The minimum Gasteiger partial charge on any atom is -0.451 e. The van der Waals surface area contributed by atoms with Gasteiger partial charge >= 0.3 is 0 Å². The number of fused-ring (bicyclic) bond motifs is 1. The molecule has 5 aromatic rings. The van der Waals surface area contributed by atoms with E-state index in [0.717, 1.165) is 22.2 Å². The van der Waals surface area contributed by atoms with E-state index in [4.69, 9.17) is 4.42 Å². The average molecular weight is 462 g/mol. The number of aromatic nitrogens is 4. The third-order valence-electron chi connectivity index (χ3n) is 4.89. The van der Waals surface area contributed by atoms with Crippen molar-refractivity contribution in [2.24, 2.45) is 0 Å². The van der Waals surface area contributed by atoms with Crippen LogP contribution in [0.4, 0.5) is 5.13 Å². The summed E-state index contributed by atoms with van der Waals surface area (Å²) in [6.45, 7) is 2.08. The molecule has 1 amide bonds. The molecule has 3 aromatic heterocycles. The fourth-order valence-corrected chi connectivity index (χ4v) is 5.10. The summed E-state index contributed by atoms with van der Waals surface area (Å²) in [4.78, 5) is 22.7. The molecule has 2 N–H and O–H groups in total. The largest absolute Gasteiger partial charge is 0.451 e. The highest BCUT2D eigenvalue weighted by molar-refractivity contribution is 7.98. The second-order valence-electron chi connectivity index (χ2n) is 7.24. The van der Waals surface area contributed by atoms with Crippen molar-refractivity contribution in [2.75, 3.05) is 5.32 Å². The molecule has 2 aromatic carbocycles. The maximum absolute atomic E-state index is 13.1. The fourth-order valence-electron chi connectivity index (χ4n) is 3.45. The van der Waals surface area contributed by atoms with Gasteiger partial charge in [0, 0.05) is 34.2 Å². The van der Waals surface area contributed by atoms with E-state index < -0.39 is 0 Å². The number of nitrogens with zero attached hydrogens (tertiary/aromatic N) is 3. The maximum atomic E-state index is 13.1. The van der Waals surface area contributed by atoms with Crippen molar-refractivity contribution >= 4 is 45.1 Å². The molecule has 0 aliphatic heterocycles. The average Bonchev–Trinajstić information content (AvgIpc) is 3.52. The van der Waals surface area contributed by atoms with Gasteiger partial charge in [-0.2, -0.15) is 5.10 Å². The van der Waals surface area contributed by atoms with Crippen LogP contribution in [0.15, 0.2) is 70.6 Å². The van der Waals surface area contributed by atoms with Crippen molar-refractivity contribution in [3.05, 3.63) is 88.4 Å². The molecule has 3 heterocycles. The van der Waals surface area contributed by atoms with Gasteiger partial charge in [0.15, 0.2) is 16.0 Å². The number of benzene rings is 2. The van der Waals surface area contributed by atoms with Gasteiger partial charge in [-0.3, -0.25) is 15.2 Å². The number of amides is 1. The molecule has 0 aliphatic carbocycles. The van der Waals surface area contributed by atoms with E-state index in [2.05, 4.69) is 50.6 Å². The zero-order chi connectivity index (χ0) is 21.9. The predicted molar refractivity (Wildman–Crippen MR) is 126 cm³/mol. The Labute approximate surface area is 192 Å². The molecule has 0 aliphatic rings. The molecule has 0 saturated heterocycles. The van der Waals surface area contributed by atoms with Crippen LogP contribution in [0.25, 0.3) is 11.0 Å². The summed E-state index contributed by atoms with van der Waals surface area (Å²) in [5.74, 6) is 0.491. The van der Waals surface area contributed by atoms with Gasteiger partial charge in [0.25, 0.3) is 5.91 Å². The molecule has 0 atom stereocenters. The van der Waals surface area contributed by atoms with Crippen LogP contribution >= 0.6 is 23.1 Å². The molecule has 0 fully saturated rings. The number of thiazole rings is 1. The lowest BCUT2D eigenvalue weighted by Crippen LogP contribution is -2.12. The first-order valence-electron chi connectivity index (χ1n) is 9.96. The predicted octanol–water partition coefficient (Wildman–Crippen LogP) is 5.45. The van der Waals surface area contributed by atoms with Crippen molar-refractivity contribution in [2.45, 2.75) is 24.3 Å². The summed E-state index contributed by atoms with van der Waals surface area (Å²) >= 11 is 2.93. The van der Waals surface area contributed by atoms with Crippen molar-refractivity contribution < 1.29 is 9.21 Å². The normalized spacial score (nSPS) is 11.2. The Balaban J connectivity index is 1.35. The van der Waals surface area contributed by atoms with Crippen LogP contribution in [-0.2, 0) is 12.2 Å². The minimum atomic E-state index is -0.314. The third-order valence-corrected chi connectivity index (χ3v) is 6.70. The number of para-hydroxylation sites is 1. The highest BCUT2D eigenvalue weighted by Crippen LogP contribution is 2.32. The van der Waals surface area contributed by atoms with Crippen LogP contribution in [0.2, 0.25) is 0 Å². The topological polar surface area (TPSA) is 96.7 Å². The number of hydrogen-bond acceptors (Lipinski definition) is 7. The van der Waals surface area contributed by atoms with Crippen LogP contribution in [0.5, 0.6) is 0 Å². The summed E-state index contributed by atoms with van der Waals surface area (Å²) in [6.07, 6.45) is 4.04. The number of aromatic amines is 1. The first-order chi connectivity index (χ1) is 15.7. The fraction of sp³-hybridized carbons (Fsp3) is 0.130. The lowest BCUT2D eigenvalue weighted by molar-refractivity contribution is 0.0998. The van der Waals surface area contributed by atoms with Gasteiger partial charge in [0.1, 0.15) is 11.9 Å². The lowest BCUT2D eigenvalue weighted by Gasteiger charge is -2.02. The molecule has 7 nitrogen and oxygen atoms in total. The van der Waals surface area contributed by atoms with E-state index in [1.165, 1.54) is 40.6 Å². The summed E-state index contributed by atoms with van der Waals surface area (Å²) in [6, 6.07) is 16.0. The SMILES string of the molecule is Cc1cccc(Cc2cnc(NC(=O)c3oc4ccccc4c3CSc3ncn[nH]3)s2)c1. The molecular formula is C23H19N5O2S2. The minimum absolute atomic E-state index is 0.286. The summed E-state index contributed by atoms with van der Waals surface area (Å²) in [7, 11) is 0. The monoisotopic (exact) mass is 461 g/mol. The van der Waals surface area contributed by atoms with Crippen LogP contribution < -0.4 is 5.32 Å². The number of thioether (sulfide) groups is 1. The number of rotatable bonds is 7. The first-order valence-corrected chi connectivity index (χ1v) is 11.8. The smallest absolute Gasteiger partial charge is 0.293 e. The third kappa shape index (κ3) is 4.44. The Morgan fingerprint density at radius 1 is 1.19 bits per heavy atom. The van der Waals surface area contributed by atoms with Crippen LogP contribution in [0.1, 0.15) is 32.1 Å². The molecule has 5 rings (SSSR count). The van der Waals surface area contributed by atoms with E-state index in [1.807, 2.05) is 36.5 Å². The summed E-state index contributed by atoms with van der Waals surface area (Å²) in [5, 5.41) is 11.7. The zero-order valence-electron chi connectivity index (χ0n) is 17.2. The number of nitrogens with one attached hydrogen (secondary N) is 2. The highest BCUT2D eigenvalue weighted by atomic mass is 32.2. The molecule has 0 bridgehead atoms. The molecule has 0 saturated carbocycles. The van der Waals surface area contributed by atoms with Crippen molar-refractivity contribution in [1.29, 1.82) is 0 Å². The molecule has 0 unspecified atom stereocenters. The quantitative estimate of drug-likeness (QED) is 0.313. The van der Waals surface area contributed by atoms with Crippen molar-refractivity contribution in [1.82, 2.24) is 20.2 Å². The first kappa shape index (κ1) is 20.5.